The summed E-state index contributed by atoms with van der Waals surface area (Å²) in [5.41, 5.74) is 0.316. The summed E-state index contributed by atoms with van der Waals surface area (Å²) in [5.74, 6) is -0.420. The van der Waals surface area contributed by atoms with E-state index in [1.54, 1.807) is 25.1 Å². The van der Waals surface area contributed by atoms with Crippen LogP contribution in [0.15, 0.2) is 24.3 Å². The molecule has 6 heteroatoms. The number of carbonyl (C=O) groups is 1. The van der Waals surface area contributed by atoms with Crippen molar-refractivity contribution in [1.29, 1.82) is 0 Å². The zero-order chi connectivity index (χ0) is 14.3. The summed E-state index contributed by atoms with van der Waals surface area (Å²) in [6.45, 7) is 1.60. The van der Waals surface area contributed by atoms with Gasteiger partial charge in [-0.3, -0.25) is 0 Å². The number of methoxy groups -OCH3 is 1. The number of amides is 1. The predicted octanol–water partition coefficient (Wildman–Crippen LogP) is 2.23. The van der Waals surface area contributed by atoms with E-state index in [0.717, 1.165) is 0 Å². The third-order valence-corrected chi connectivity index (χ3v) is 2.50. The molecule has 1 aromatic carbocycles. The van der Waals surface area contributed by atoms with Crippen molar-refractivity contribution in [3.8, 4) is 0 Å². The first-order valence-corrected chi connectivity index (χ1v) is 5.83. The molecule has 0 heterocycles. The first-order chi connectivity index (χ1) is 9.10. The van der Waals surface area contributed by atoms with Crippen LogP contribution >= 0.6 is 0 Å². The molecule has 0 unspecified atom stereocenters. The van der Waals surface area contributed by atoms with Gasteiger partial charge in [-0.2, -0.15) is 0 Å². The molecule has 0 fully saturated rings. The van der Waals surface area contributed by atoms with Gasteiger partial charge < -0.3 is 19.5 Å². The van der Waals surface area contributed by atoms with Crippen LogP contribution in [0.3, 0.4) is 0 Å². The van der Waals surface area contributed by atoms with Gasteiger partial charge in [-0.05, 0) is 13.0 Å². The molecule has 0 spiro atoms. The van der Waals surface area contributed by atoms with Crippen LogP contribution in [0.25, 0.3) is 0 Å². The van der Waals surface area contributed by atoms with Gasteiger partial charge >= 0.3 is 6.09 Å². The average molecular weight is 271 g/mol. The molecule has 106 valence electrons. The molecule has 0 aliphatic carbocycles. The summed E-state index contributed by atoms with van der Waals surface area (Å²) >= 11 is 0. The quantitative estimate of drug-likeness (QED) is 0.806. The Morgan fingerprint density at radius 1 is 1.42 bits per heavy atom. The largest absolute Gasteiger partial charge is 0.443 e. The highest BCUT2D eigenvalue weighted by Gasteiger charge is 2.25. The minimum absolute atomic E-state index is 0.0273. The molecule has 0 aliphatic heterocycles. The van der Waals surface area contributed by atoms with Gasteiger partial charge in [-0.1, -0.05) is 18.2 Å². The Morgan fingerprint density at radius 3 is 2.68 bits per heavy atom. The Balaban J connectivity index is 2.88. The molecule has 0 aromatic heterocycles. The number of hydrogen-bond acceptors (Lipinski definition) is 4. The van der Waals surface area contributed by atoms with E-state index in [1.165, 1.54) is 20.2 Å². The molecular weight excluding hydrogens is 253 g/mol. The first-order valence-electron chi connectivity index (χ1n) is 5.83. The maximum atomic E-state index is 13.8. The highest BCUT2D eigenvalue weighted by molar-refractivity contribution is 5.66. The van der Waals surface area contributed by atoms with Crippen molar-refractivity contribution in [1.82, 2.24) is 5.32 Å². The minimum Gasteiger partial charge on any atom is -0.443 e. The molecule has 1 N–H and O–H groups in total. The lowest BCUT2D eigenvalue weighted by Crippen LogP contribution is -2.30. The summed E-state index contributed by atoms with van der Waals surface area (Å²) in [7, 11) is 2.91. The standard InChI is InChI=1S/C13H18FNO4/c1-9(19-13(16)15-2)12(18-8-17-3)10-6-4-5-7-11(10)14/h4-7,9,12H,8H2,1-3H3,(H,15,16)/t9-,12+/m0/s1. The van der Waals surface area contributed by atoms with Gasteiger partial charge in [-0.25, -0.2) is 9.18 Å². The Kier molecular flexibility index (Phi) is 6.24. The van der Waals surface area contributed by atoms with E-state index in [4.69, 9.17) is 14.2 Å². The maximum absolute atomic E-state index is 13.8. The second kappa shape index (κ2) is 7.70. The van der Waals surface area contributed by atoms with Crippen LogP contribution in [-0.4, -0.2) is 33.1 Å². The van der Waals surface area contributed by atoms with Crippen molar-refractivity contribution in [2.24, 2.45) is 0 Å². The van der Waals surface area contributed by atoms with Crippen molar-refractivity contribution in [2.75, 3.05) is 21.0 Å². The van der Waals surface area contributed by atoms with Gasteiger partial charge in [0.05, 0.1) is 0 Å². The lowest BCUT2D eigenvalue weighted by atomic mass is 10.0. The molecule has 0 aliphatic rings. The van der Waals surface area contributed by atoms with Gasteiger partial charge in [0.15, 0.2) is 0 Å². The van der Waals surface area contributed by atoms with E-state index in [0.29, 0.717) is 5.56 Å². The van der Waals surface area contributed by atoms with Crippen LogP contribution in [0.5, 0.6) is 0 Å². The van der Waals surface area contributed by atoms with Crippen LogP contribution in [0, 0.1) is 5.82 Å². The summed E-state index contributed by atoms with van der Waals surface area (Å²) in [4.78, 5) is 11.2. The maximum Gasteiger partial charge on any atom is 0.407 e. The number of ether oxygens (including phenoxy) is 3. The molecule has 0 radical (unpaired) electrons. The van der Waals surface area contributed by atoms with Crippen molar-refractivity contribution in [2.45, 2.75) is 19.1 Å². The smallest absolute Gasteiger partial charge is 0.407 e. The number of carbonyl (C=O) groups excluding carboxylic acids is 1. The molecule has 0 saturated heterocycles. The highest BCUT2D eigenvalue weighted by Crippen LogP contribution is 2.25. The summed E-state index contributed by atoms with van der Waals surface area (Å²) in [6, 6.07) is 6.18. The average Bonchev–Trinajstić information content (AvgIpc) is 2.40. The van der Waals surface area contributed by atoms with Crippen LogP contribution in [-0.2, 0) is 14.2 Å². The fourth-order valence-corrected chi connectivity index (χ4v) is 1.61. The minimum atomic E-state index is -0.738. The van der Waals surface area contributed by atoms with E-state index < -0.39 is 24.1 Å². The second-order valence-electron chi connectivity index (χ2n) is 3.88. The number of halogens is 1. The fraction of sp³-hybridized carbons (Fsp3) is 0.462. The van der Waals surface area contributed by atoms with Crippen molar-refractivity contribution >= 4 is 6.09 Å². The topological polar surface area (TPSA) is 56.8 Å². The van der Waals surface area contributed by atoms with E-state index >= 15 is 0 Å². The molecule has 1 amide bonds. The predicted molar refractivity (Wildman–Crippen MR) is 67.1 cm³/mol. The number of rotatable bonds is 6. The molecule has 2 atom stereocenters. The normalized spacial score (nSPS) is 13.7. The van der Waals surface area contributed by atoms with Crippen molar-refractivity contribution in [3.63, 3.8) is 0 Å². The van der Waals surface area contributed by atoms with Crippen LogP contribution in [0.2, 0.25) is 0 Å². The Hall–Kier alpha value is -1.66. The number of alkyl carbamates (subject to hydrolysis) is 1. The van der Waals surface area contributed by atoms with Crippen LogP contribution in [0.1, 0.15) is 18.6 Å². The Morgan fingerprint density at radius 2 is 2.11 bits per heavy atom. The van der Waals surface area contributed by atoms with Gasteiger partial charge in [0.25, 0.3) is 0 Å². The Labute approximate surface area is 111 Å². The van der Waals surface area contributed by atoms with E-state index in [9.17, 15) is 9.18 Å². The molecular formula is C13H18FNO4. The van der Waals surface area contributed by atoms with Gasteiger partial charge in [0, 0.05) is 19.7 Å². The van der Waals surface area contributed by atoms with E-state index in [-0.39, 0.29) is 6.79 Å². The van der Waals surface area contributed by atoms with E-state index in [1.807, 2.05) is 0 Å². The molecule has 0 bridgehead atoms. The summed E-state index contributed by atoms with van der Waals surface area (Å²) in [6.07, 6.45) is -2.00. The second-order valence-corrected chi connectivity index (χ2v) is 3.88. The monoisotopic (exact) mass is 271 g/mol. The molecule has 1 aromatic rings. The first kappa shape index (κ1) is 15.4. The lowest BCUT2D eigenvalue weighted by Gasteiger charge is -2.24. The van der Waals surface area contributed by atoms with Crippen molar-refractivity contribution in [3.05, 3.63) is 35.6 Å². The molecule has 0 saturated carbocycles. The number of benzene rings is 1. The van der Waals surface area contributed by atoms with Crippen molar-refractivity contribution < 1.29 is 23.4 Å². The van der Waals surface area contributed by atoms with Gasteiger partial charge in [-0.15, -0.1) is 0 Å². The zero-order valence-corrected chi connectivity index (χ0v) is 11.2. The van der Waals surface area contributed by atoms with Gasteiger partial charge in [0.1, 0.15) is 24.8 Å². The third-order valence-electron chi connectivity index (χ3n) is 2.50. The van der Waals surface area contributed by atoms with Crippen LogP contribution < -0.4 is 5.32 Å². The molecule has 1 rings (SSSR count). The Bertz CT molecular complexity index is 413. The fourth-order valence-electron chi connectivity index (χ4n) is 1.61. The molecule has 19 heavy (non-hydrogen) atoms. The summed E-state index contributed by atoms with van der Waals surface area (Å²) < 4.78 is 29.1. The zero-order valence-electron chi connectivity index (χ0n) is 11.2. The van der Waals surface area contributed by atoms with Gasteiger partial charge in [0.2, 0.25) is 0 Å². The summed E-state index contributed by atoms with van der Waals surface area (Å²) in [5, 5.41) is 2.33. The molecule has 5 nitrogen and oxygen atoms in total. The van der Waals surface area contributed by atoms with E-state index in [2.05, 4.69) is 5.32 Å². The number of nitrogens with one attached hydrogen (secondary N) is 1. The SMILES string of the molecule is CNC(=O)O[C@@H](C)[C@@H](OCOC)c1ccccc1F. The highest BCUT2D eigenvalue weighted by atomic mass is 19.1. The lowest BCUT2D eigenvalue weighted by molar-refractivity contribution is -0.112. The third kappa shape index (κ3) is 4.50. The van der Waals surface area contributed by atoms with Crippen LogP contribution in [0.4, 0.5) is 9.18 Å². The number of hydrogen-bond donors (Lipinski definition) is 1.